The first-order valence-corrected chi connectivity index (χ1v) is 8.27. The molecule has 3 heterocycles. The zero-order valence-electron chi connectivity index (χ0n) is 14.0. The van der Waals surface area contributed by atoms with Gasteiger partial charge in [-0.1, -0.05) is 0 Å². The van der Waals surface area contributed by atoms with Crippen LogP contribution in [-0.2, 0) is 9.59 Å². The molecule has 0 bridgehead atoms. The Kier molecular flexibility index (Phi) is 4.29. The van der Waals surface area contributed by atoms with E-state index in [0.717, 1.165) is 11.6 Å². The molecule has 1 aromatic heterocycles. The van der Waals surface area contributed by atoms with Crippen molar-refractivity contribution in [3.05, 3.63) is 12.4 Å². The van der Waals surface area contributed by atoms with Crippen molar-refractivity contribution in [3.8, 4) is 0 Å². The summed E-state index contributed by atoms with van der Waals surface area (Å²) in [6.07, 6.45) is 2.81. The second kappa shape index (κ2) is 6.26. The molecule has 8 heteroatoms. The van der Waals surface area contributed by atoms with Crippen molar-refractivity contribution in [2.45, 2.75) is 44.7 Å². The summed E-state index contributed by atoms with van der Waals surface area (Å²) in [5.41, 5.74) is -0.620. The SMILES string of the molecule is CC(C)Nc1cc(N2CCC3(CC2)NC(=O)CC3C(=O)O)ncn1. The lowest BCUT2D eigenvalue weighted by Crippen LogP contribution is -2.55. The van der Waals surface area contributed by atoms with Gasteiger partial charge in [0.1, 0.15) is 18.0 Å². The molecule has 2 saturated heterocycles. The third kappa shape index (κ3) is 3.13. The molecular formula is C16H23N5O3. The summed E-state index contributed by atoms with van der Waals surface area (Å²) in [6, 6.07) is 2.18. The predicted octanol–water partition coefficient (Wildman–Crippen LogP) is 0.857. The Morgan fingerprint density at radius 2 is 2.12 bits per heavy atom. The van der Waals surface area contributed by atoms with Crippen LogP contribution in [0.1, 0.15) is 33.1 Å². The van der Waals surface area contributed by atoms with Gasteiger partial charge in [0.25, 0.3) is 0 Å². The van der Waals surface area contributed by atoms with Crippen molar-refractivity contribution in [1.29, 1.82) is 0 Å². The molecule has 1 unspecified atom stereocenters. The second-order valence-electron chi connectivity index (χ2n) is 6.85. The van der Waals surface area contributed by atoms with Crippen molar-refractivity contribution in [1.82, 2.24) is 15.3 Å². The van der Waals surface area contributed by atoms with Crippen LogP contribution in [-0.4, -0.2) is 51.6 Å². The van der Waals surface area contributed by atoms with Gasteiger partial charge in [0.05, 0.1) is 11.5 Å². The molecule has 24 heavy (non-hydrogen) atoms. The van der Waals surface area contributed by atoms with Crippen LogP contribution in [0.2, 0.25) is 0 Å². The molecule has 1 amide bonds. The lowest BCUT2D eigenvalue weighted by molar-refractivity contribution is -0.144. The minimum atomic E-state index is -0.896. The highest BCUT2D eigenvalue weighted by atomic mass is 16.4. The Labute approximate surface area is 140 Å². The molecule has 2 aliphatic rings. The van der Waals surface area contributed by atoms with Crippen LogP contribution in [0, 0.1) is 5.92 Å². The summed E-state index contributed by atoms with van der Waals surface area (Å²) in [4.78, 5) is 33.8. The molecule has 0 aliphatic carbocycles. The number of piperidine rings is 1. The molecule has 2 fully saturated rings. The van der Waals surface area contributed by atoms with E-state index < -0.39 is 17.4 Å². The molecule has 0 saturated carbocycles. The van der Waals surface area contributed by atoms with E-state index in [1.54, 1.807) is 0 Å². The van der Waals surface area contributed by atoms with Crippen LogP contribution in [0.25, 0.3) is 0 Å². The molecule has 3 rings (SSSR count). The van der Waals surface area contributed by atoms with E-state index in [1.165, 1.54) is 6.33 Å². The van der Waals surface area contributed by atoms with E-state index in [4.69, 9.17) is 0 Å². The summed E-state index contributed by atoms with van der Waals surface area (Å²) >= 11 is 0. The Balaban J connectivity index is 1.71. The summed E-state index contributed by atoms with van der Waals surface area (Å²) in [6.45, 7) is 5.40. The summed E-state index contributed by atoms with van der Waals surface area (Å²) < 4.78 is 0. The Morgan fingerprint density at radius 3 is 2.75 bits per heavy atom. The van der Waals surface area contributed by atoms with Crippen LogP contribution in [0.3, 0.4) is 0 Å². The number of carbonyl (C=O) groups excluding carboxylic acids is 1. The van der Waals surface area contributed by atoms with Crippen molar-refractivity contribution in [3.63, 3.8) is 0 Å². The summed E-state index contributed by atoms with van der Waals surface area (Å²) in [5, 5.41) is 15.6. The van der Waals surface area contributed by atoms with Gasteiger partial charge < -0.3 is 20.6 Å². The van der Waals surface area contributed by atoms with Gasteiger partial charge >= 0.3 is 5.97 Å². The zero-order valence-corrected chi connectivity index (χ0v) is 14.0. The fraction of sp³-hybridized carbons (Fsp3) is 0.625. The lowest BCUT2D eigenvalue weighted by atomic mass is 9.78. The second-order valence-corrected chi connectivity index (χ2v) is 6.85. The number of aromatic nitrogens is 2. The lowest BCUT2D eigenvalue weighted by Gasteiger charge is -2.41. The zero-order chi connectivity index (χ0) is 17.3. The van der Waals surface area contributed by atoms with Crippen LogP contribution in [0.15, 0.2) is 12.4 Å². The molecule has 0 radical (unpaired) electrons. The molecule has 130 valence electrons. The van der Waals surface area contributed by atoms with Gasteiger partial charge in [-0.3, -0.25) is 9.59 Å². The molecule has 1 atom stereocenters. The molecule has 1 spiro atoms. The fourth-order valence-corrected chi connectivity index (χ4v) is 3.62. The fourth-order valence-electron chi connectivity index (χ4n) is 3.62. The number of aliphatic carboxylic acids is 1. The standard InChI is InChI=1S/C16H23N5O3/c1-10(2)19-12-8-13(18-9-17-12)21-5-3-16(4-6-21)11(15(23)24)7-14(22)20-16/h8-11H,3-7H2,1-2H3,(H,20,22)(H,23,24)(H,17,18,19). The Hall–Kier alpha value is -2.38. The van der Waals surface area contributed by atoms with Crippen molar-refractivity contribution >= 4 is 23.5 Å². The normalized spacial score (nSPS) is 22.7. The number of nitrogens with one attached hydrogen (secondary N) is 2. The first-order chi connectivity index (χ1) is 11.4. The smallest absolute Gasteiger partial charge is 0.309 e. The third-order valence-corrected chi connectivity index (χ3v) is 4.81. The van der Waals surface area contributed by atoms with Gasteiger partial charge in [0.2, 0.25) is 5.91 Å². The first kappa shape index (κ1) is 16.5. The average molecular weight is 333 g/mol. The summed E-state index contributed by atoms with van der Waals surface area (Å²) in [5.74, 6) is -0.114. The number of anilines is 2. The molecular weight excluding hydrogens is 310 g/mol. The van der Waals surface area contributed by atoms with Gasteiger partial charge in [-0.15, -0.1) is 0 Å². The van der Waals surface area contributed by atoms with Gasteiger partial charge in [-0.2, -0.15) is 0 Å². The number of hydrogen-bond donors (Lipinski definition) is 3. The molecule has 3 N–H and O–H groups in total. The number of carboxylic acid groups (broad SMARTS) is 1. The highest BCUT2D eigenvalue weighted by molar-refractivity contribution is 5.88. The van der Waals surface area contributed by atoms with Crippen LogP contribution in [0.5, 0.6) is 0 Å². The maximum absolute atomic E-state index is 11.7. The van der Waals surface area contributed by atoms with Gasteiger partial charge in [-0.25, -0.2) is 9.97 Å². The van der Waals surface area contributed by atoms with Crippen LogP contribution >= 0.6 is 0 Å². The Bertz CT molecular complexity index is 640. The van der Waals surface area contributed by atoms with Gasteiger partial charge in [0.15, 0.2) is 0 Å². The highest BCUT2D eigenvalue weighted by Crippen LogP contribution is 2.37. The van der Waals surface area contributed by atoms with Crippen molar-refractivity contribution in [2.24, 2.45) is 5.92 Å². The van der Waals surface area contributed by atoms with E-state index in [0.29, 0.717) is 25.9 Å². The number of amides is 1. The monoisotopic (exact) mass is 333 g/mol. The summed E-state index contributed by atoms with van der Waals surface area (Å²) in [7, 11) is 0. The van der Waals surface area contributed by atoms with Crippen molar-refractivity contribution < 1.29 is 14.7 Å². The maximum atomic E-state index is 11.7. The minimum Gasteiger partial charge on any atom is -0.481 e. The quantitative estimate of drug-likeness (QED) is 0.750. The molecule has 8 nitrogen and oxygen atoms in total. The maximum Gasteiger partial charge on any atom is 0.309 e. The van der Waals surface area contributed by atoms with Gasteiger partial charge in [0, 0.05) is 31.6 Å². The molecule has 0 aromatic carbocycles. The first-order valence-electron chi connectivity index (χ1n) is 8.27. The predicted molar refractivity (Wildman–Crippen MR) is 88.9 cm³/mol. The van der Waals surface area contributed by atoms with E-state index in [-0.39, 0.29) is 18.4 Å². The number of rotatable bonds is 4. The van der Waals surface area contributed by atoms with E-state index in [2.05, 4.69) is 25.5 Å². The van der Waals surface area contributed by atoms with Crippen LogP contribution in [0.4, 0.5) is 11.6 Å². The molecule has 1 aromatic rings. The van der Waals surface area contributed by atoms with E-state index in [1.807, 2.05) is 19.9 Å². The van der Waals surface area contributed by atoms with E-state index >= 15 is 0 Å². The topological polar surface area (TPSA) is 107 Å². The van der Waals surface area contributed by atoms with Gasteiger partial charge in [-0.05, 0) is 26.7 Å². The molecule has 2 aliphatic heterocycles. The number of hydrogen-bond acceptors (Lipinski definition) is 6. The number of carbonyl (C=O) groups is 2. The largest absolute Gasteiger partial charge is 0.481 e. The highest BCUT2D eigenvalue weighted by Gasteiger charge is 2.51. The average Bonchev–Trinajstić information content (AvgIpc) is 2.84. The number of carboxylic acids is 1. The third-order valence-electron chi connectivity index (χ3n) is 4.81. The van der Waals surface area contributed by atoms with Crippen molar-refractivity contribution in [2.75, 3.05) is 23.3 Å². The Morgan fingerprint density at radius 1 is 1.42 bits per heavy atom. The minimum absolute atomic E-state index is 0.0747. The van der Waals surface area contributed by atoms with E-state index in [9.17, 15) is 14.7 Å². The van der Waals surface area contributed by atoms with Crippen LogP contribution < -0.4 is 15.5 Å². The number of nitrogens with zero attached hydrogens (tertiary/aromatic N) is 3.